The number of carbonyl (C=O) groups excluding carboxylic acids is 1. The molecule has 1 aromatic carbocycles. The monoisotopic (exact) mass is 298 g/mol. The lowest BCUT2D eigenvalue weighted by atomic mass is 10.2. The molecular weight excluding hydrogens is 284 g/mol. The molecule has 1 aromatic rings. The van der Waals surface area contributed by atoms with E-state index in [0.717, 1.165) is 0 Å². The van der Waals surface area contributed by atoms with Gasteiger partial charge in [-0.05, 0) is 18.6 Å². The molecule has 0 radical (unpaired) electrons. The number of carbonyl (C=O) groups is 2. The molecule has 0 aliphatic rings. The molecule has 20 heavy (non-hydrogen) atoms. The van der Waals surface area contributed by atoms with E-state index < -0.39 is 18.0 Å². The van der Waals surface area contributed by atoms with Crippen LogP contribution in [0.1, 0.15) is 6.42 Å². The van der Waals surface area contributed by atoms with Gasteiger partial charge in [0.2, 0.25) is 0 Å². The van der Waals surface area contributed by atoms with Gasteiger partial charge >= 0.3 is 12.0 Å². The highest BCUT2D eigenvalue weighted by atomic mass is 35.5. The molecular formula is C13H15ClN2O4. The fourth-order valence-corrected chi connectivity index (χ4v) is 1.65. The van der Waals surface area contributed by atoms with Crippen LogP contribution in [0.3, 0.4) is 0 Å². The molecule has 3 N–H and O–H groups in total. The van der Waals surface area contributed by atoms with Crippen molar-refractivity contribution >= 4 is 29.3 Å². The molecule has 1 rings (SSSR count). The van der Waals surface area contributed by atoms with Crippen molar-refractivity contribution in [3.05, 3.63) is 35.9 Å². The third-order valence-electron chi connectivity index (χ3n) is 2.41. The number of hydrogen-bond acceptors (Lipinski definition) is 3. The molecule has 1 unspecified atom stereocenters. The Bertz CT molecular complexity index is 519. The van der Waals surface area contributed by atoms with Crippen LogP contribution in [-0.4, -0.2) is 30.3 Å². The van der Waals surface area contributed by atoms with E-state index >= 15 is 0 Å². The SMILES string of the molecule is C=CCC(NC(=O)Nc1ccc(Cl)c(OC)c1)C(=O)O. The van der Waals surface area contributed by atoms with Crippen molar-refractivity contribution in [2.24, 2.45) is 0 Å². The minimum Gasteiger partial charge on any atom is -0.495 e. The van der Waals surface area contributed by atoms with Crippen LogP contribution < -0.4 is 15.4 Å². The summed E-state index contributed by atoms with van der Waals surface area (Å²) < 4.78 is 5.01. The first kappa shape index (κ1) is 15.8. The van der Waals surface area contributed by atoms with E-state index in [1.165, 1.54) is 19.3 Å². The summed E-state index contributed by atoms with van der Waals surface area (Å²) in [5.74, 6) is -0.723. The lowest BCUT2D eigenvalue weighted by Crippen LogP contribution is -2.42. The van der Waals surface area contributed by atoms with E-state index in [4.69, 9.17) is 21.4 Å². The number of carboxylic acid groups (broad SMARTS) is 1. The maximum Gasteiger partial charge on any atom is 0.326 e. The fourth-order valence-electron chi connectivity index (χ4n) is 1.45. The number of carboxylic acids is 1. The van der Waals surface area contributed by atoms with Crippen molar-refractivity contribution in [3.63, 3.8) is 0 Å². The number of aliphatic carboxylic acids is 1. The Kier molecular flexibility index (Phi) is 5.86. The van der Waals surface area contributed by atoms with Crippen molar-refractivity contribution in [3.8, 4) is 5.75 Å². The first-order valence-corrected chi connectivity index (χ1v) is 6.10. The molecule has 0 aliphatic heterocycles. The van der Waals surface area contributed by atoms with Crippen LogP contribution in [0.15, 0.2) is 30.9 Å². The van der Waals surface area contributed by atoms with Gasteiger partial charge in [-0.1, -0.05) is 17.7 Å². The van der Waals surface area contributed by atoms with Crippen molar-refractivity contribution in [2.75, 3.05) is 12.4 Å². The zero-order valence-electron chi connectivity index (χ0n) is 10.9. The number of hydrogen-bond donors (Lipinski definition) is 3. The number of rotatable bonds is 6. The molecule has 0 saturated heterocycles. The topological polar surface area (TPSA) is 87.7 Å². The second kappa shape index (κ2) is 7.40. The van der Waals surface area contributed by atoms with E-state index in [2.05, 4.69) is 17.2 Å². The largest absolute Gasteiger partial charge is 0.495 e. The van der Waals surface area contributed by atoms with Crippen molar-refractivity contribution in [2.45, 2.75) is 12.5 Å². The van der Waals surface area contributed by atoms with E-state index in [9.17, 15) is 9.59 Å². The Morgan fingerprint density at radius 3 is 2.80 bits per heavy atom. The van der Waals surface area contributed by atoms with Gasteiger partial charge in [0.1, 0.15) is 11.8 Å². The molecule has 0 aromatic heterocycles. The molecule has 0 spiro atoms. The highest BCUT2D eigenvalue weighted by molar-refractivity contribution is 6.32. The maximum absolute atomic E-state index is 11.7. The number of methoxy groups -OCH3 is 1. The second-order valence-corrected chi connectivity index (χ2v) is 4.27. The minimum atomic E-state index is -1.13. The summed E-state index contributed by atoms with van der Waals surface area (Å²) in [6.07, 6.45) is 1.55. The van der Waals surface area contributed by atoms with Crippen LogP contribution in [-0.2, 0) is 4.79 Å². The average Bonchev–Trinajstić information content (AvgIpc) is 2.40. The van der Waals surface area contributed by atoms with Gasteiger partial charge in [0, 0.05) is 11.8 Å². The smallest absolute Gasteiger partial charge is 0.326 e. The van der Waals surface area contributed by atoms with Crippen LogP contribution in [0.4, 0.5) is 10.5 Å². The summed E-state index contributed by atoms with van der Waals surface area (Å²) in [5, 5.41) is 14.1. The second-order valence-electron chi connectivity index (χ2n) is 3.86. The summed E-state index contributed by atoms with van der Waals surface area (Å²) in [7, 11) is 1.45. The Morgan fingerprint density at radius 2 is 2.25 bits per heavy atom. The third-order valence-corrected chi connectivity index (χ3v) is 2.73. The van der Waals surface area contributed by atoms with Gasteiger partial charge in [0.15, 0.2) is 0 Å². The zero-order valence-corrected chi connectivity index (χ0v) is 11.6. The normalized spacial score (nSPS) is 11.3. The number of ether oxygens (including phenoxy) is 1. The van der Waals surface area contributed by atoms with Crippen molar-refractivity contribution < 1.29 is 19.4 Å². The summed E-state index contributed by atoms with van der Waals surface area (Å²) >= 11 is 5.86. The van der Waals surface area contributed by atoms with Gasteiger partial charge in [-0.2, -0.15) is 0 Å². The Labute approximate surface area is 121 Å². The number of benzene rings is 1. The number of anilines is 1. The molecule has 6 nitrogen and oxygen atoms in total. The fraction of sp³-hybridized carbons (Fsp3) is 0.231. The Morgan fingerprint density at radius 1 is 1.55 bits per heavy atom. The quantitative estimate of drug-likeness (QED) is 0.704. The van der Waals surface area contributed by atoms with E-state index in [1.54, 1.807) is 12.1 Å². The van der Waals surface area contributed by atoms with Crippen LogP contribution >= 0.6 is 11.6 Å². The molecule has 0 heterocycles. The zero-order chi connectivity index (χ0) is 15.1. The lowest BCUT2D eigenvalue weighted by Gasteiger charge is -2.14. The first-order chi connectivity index (χ1) is 9.47. The highest BCUT2D eigenvalue weighted by Crippen LogP contribution is 2.27. The molecule has 0 bridgehead atoms. The van der Waals surface area contributed by atoms with Gasteiger partial charge in [0.05, 0.1) is 12.1 Å². The molecule has 108 valence electrons. The van der Waals surface area contributed by atoms with E-state index in [-0.39, 0.29) is 6.42 Å². The van der Waals surface area contributed by atoms with Gasteiger partial charge in [-0.3, -0.25) is 0 Å². The summed E-state index contributed by atoms with van der Waals surface area (Å²) in [4.78, 5) is 22.6. The number of nitrogens with one attached hydrogen (secondary N) is 2. The first-order valence-electron chi connectivity index (χ1n) is 5.72. The van der Waals surface area contributed by atoms with E-state index in [1.807, 2.05) is 0 Å². The van der Waals surface area contributed by atoms with Gasteiger partial charge in [-0.15, -0.1) is 6.58 Å². The maximum atomic E-state index is 11.7. The summed E-state index contributed by atoms with van der Waals surface area (Å²) in [5.41, 5.74) is 0.437. The van der Waals surface area contributed by atoms with Gasteiger partial charge in [-0.25, -0.2) is 9.59 Å². The average molecular weight is 299 g/mol. The van der Waals surface area contributed by atoms with E-state index in [0.29, 0.717) is 16.5 Å². The van der Waals surface area contributed by atoms with Crippen molar-refractivity contribution in [1.82, 2.24) is 5.32 Å². The number of amides is 2. The van der Waals surface area contributed by atoms with Crippen LogP contribution in [0.5, 0.6) is 5.75 Å². The Hall–Kier alpha value is -2.21. The molecule has 0 aliphatic carbocycles. The third kappa shape index (κ3) is 4.47. The molecule has 1 atom stereocenters. The summed E-state index contributed by atoms with van der Waals surface area (Å²) in [6.45, 7) is 3.44. The minimum absolute atomic E-state index is 0.132. The standard InChI is InChI=1S/C13H15ClN2O4/c1-3-4-10(12(17)18)16-13(19)15-8-5-6-9(14)11(7-8)20-2/h3,5-7,10H,1,4H2,2H3,(H,17,18)(H2,15,16,19). The van der Waals surface area contributed by atoms with Gasteiger partial charge < -0.3 is 20.5 Å². The number of urea groups is 1. The predicted octanol–water partition coefficient (Wildman–Crippen LogP) is 2.50. The van der Waals surface area contributed by atoms with Crippen LogP contribution in [0, 0.1) is 0 Å². The lowest BCUT2D eigenvalue weighted by molar-refractivity contribution is -0.139. The number of halogens is 1. The van der Waals surface area contributed by atoms with Gasteiger partial charge in [0.25, 0.3) is 0 Å². The van der Waals surface area contributed by atoms with Crippen LogP contribution in [0.25, 0.3) is 0 Å². The van der Waals surface area contributed by atoms with Crippen LogP contribution in [0.2, 0.25) is 5.02 Å². The Balaban J connectivity index is 2.70. The highest BCUT2D eigenvalue weighted by Gasteiger charge is 2.18. The molecule has 2 amide bonds. The predicted molar refractivity (Wildman–Crippen MR) is 76.4 cm³/mol. The molecule has 0 fully saturated rings. The molecule has 7 heteroatoms. The summed E-state index contributed by atoms with van der Waals surface area (Å²) in [6, 6.07) is 3.01. The molecule has 0 saturated carbocycles. The van der Waals surface area contributed by atoms with Crippen molar-refractivity contribution in [1.29, 1.82) is 0 Å².